The predicted molar refractivity (Wildman–Crippen MR) is 67.8 cm³/mol. The Balaban J connectivity index is 2.74. The van der Waals surface area contributed by atoms with Crippen LogP contribution in [0.1, 0.15) is 18.4 Å². The van der Waals surface area contributed by atoms with Crippen molar-refractivity contribution in [3.8, 4) is 5.75 Å². The lowest BCUT2D eigenvalue weighted by Gasteiger charge is -2.13. The third kappa shape index (κ3) is 1.86. The van der Waals surface area contributed by atoms with Crippen LogP contribution in [0, 0.1) is 0 Å². The Hall–Kier alpha value is -1.02. The van der Waals surface area contributed by atoms with Crippen molar-refractivity contribution >= 4 is 26.7 Å². The van der Waals surface area contributed by atoms with Crippen LogP contribution in [0.5, 0.6) is 5.75 Å². The fourth-order valence-corrected chi connectivity index (χ4v) is 2.20. The maximum absolute atomic E-state index is 9.89. The topological polar surface area (TPSA) is 20.2 Å². The van der Waals surface area contributed by atoms with Crippen LogP contribution >= 0.6 is 15.9 Å². The van der Waals surface area contributed by atoms with Gasteiger partial charge < -0.3 is 5.11 Å². The predicted octanol–water partition coefficient (Wildman–Crippen LogP) is 4.04. The molecule has 0 fully saturated rings. The summed E-state index contributed by atoms with van der Waals surface area (Å²) in [6, 6.07) is 11.9. The molecule has 2 rings (SSSR count). The van der Waals surface area contributed by atoms with Crippen LogP contribution < -0.4 is 0 Å². The SMILES string of the molecule is CC(CBr)c1c(O)ccc2ccccc12. The van der Waals surface area contributed by atoms with Crippen molar-refractivity contribution in [3.05, 3.63) is 42.0 Å². The van der Waals surface area contributed by atoms with Crippen LogP contribution in [0.4, 0.5) is 0 Å². The summed E-state index contributed by atoms with van der Waals surface area (Å²) in [6.45, 7) is 2.11. The van der Waals surface area contributed by atoms with Gasteiger partial charge in [-0.15, -0.1) is 0 Å². The van der Waals surface area contributed by atoms with Gasteiger partial charge >= 0.3 is 0 Å². The van der Waals surface area contributed by atoms with Gasteiger partial charge in [0.25, 0.3) is 0 Å². The molecule has 0 amide bonds. The van der Waals surface area contributed by atoms with E-state index in [2.05, 4.69) is 35.0 Å². The van der Waals surface area contributed by atoms with E-state index in [1.165, 1.54) is 5.39 Å². The third-order valence-electron chi connectivity index (χ3n) is 2.67. The summed E-state index contributed by atoms with van der Waals surface area (Å²) in [5.74, 6) is 0.705. The Kier molecular flexibility index (Phi) is 2.96. The number of rotatable bonds is 2. The maximum atomic E-state index is 9.89. The first-order chi connectivity index (χ1) is 7.24. The number of phenols is 1. The van der Waals surface area contributed by atoms with E-state index in [9.17, 15) is 5.11 Å². The standard InChI is InChI=1S/C13H13BrO/c1-9(8-14)13-11-5-3-2-4-10(11)6-7-12(13)15/h2-7,9,15H,8H2,1H3. The molecule has 0 aliphatic heterocycles. The summed E-state index contributed by atoms with van der Waals surface area (Å²) in [7, 11) is 0. The van der Waals surface area contributed by atoms with Gasteiger partial charge in [-0.3, -0.25) is 0 Å². The first kappa shape index (κ1) is 10.5. The van der Waals surface area contributed by atoms with Crippen LogP contribution in [0.25, 0.3) is 10.8 Å². The van der Waals surface area contributed by atoms with E-state index in [1.54, 1.807) is 6.07 Å². The number of phenolic OH excluding ortho intramolecular Hbond substituents is 1. The highest BCUT2D eigenvalue weighted by molar-refractivity contribution is 9.09. The van der Waals surface area contributed by atoms with Crippen molar-refractivity contribution < 1.29 is 5.11 Å². The van der Waals surface area contributed by atoms with Crippen molar-refractivity contribution in [3.63, 3.8) is 0 Å². The third-order valence-corrected chi connectivity index (χ3v) is 3.64. The number of hydrogen-bond donors (Lipinski definition) is 1. The summed E-state index contributed by atoms with van der Waals surface area (Å²) in [5, 5.41) is 13.1. The molecule has 2 heteroatoms. The molecular weight excluding hydrogens is 252 g/mol. The van der Waals surface area contributed by atoms with Gasteiger partial charge in [0, 0.05) is 10.9 Å². The smallest absolute Gasteiger partial charge is 0.119 e. The summed E-state index contributed by atoms with van der Waals surface area (Å²) in [4.78, 5) is 0. The molecule has 0 radical (unpaired) electrons. The fourth-order valence-electron chi connectivity index (χ4n) is 1.88. The van der Waals surface area contributed by atoms with Gasteiger partial charge in [-0.1, -0.05) is 53.2 Å². The average Bonchev–Trinajstić information content (AvgIpc) is 2.28. The summed E-state index contributed by atoms with van der Waals surface area (Å²) in [6.07, 6.45) is 0. The lowest BCUT2D eigenvalue weighted by atomic mass is 9.95. The van der Waals surface area contributed by atoms with E-state index in [1.807, 2.05) is 18.2 Å². The van der Waals surface area contributed by atoms with E-state index >= 15 is 0 Å². The van der Waals surface area contributed by atoms with Crippen molar-refractivity contribution in [1.82, 2.24) is 0 Å². The highest BCUT2D eigenvalue weighted by Gasteiger charge is 2.12. The Morgan fingerprint density at radius 1 is 1.20 bits per heavy atom. The minimum atomic E-state index is 0.316. The van der Waals surface area contributed by atoms with Crippen LogP contribution in [-0.2, 0) is 0 Å². The van der Waals surface area contributed by atoms with Gasteiger partial charge in [0.1, 0.15) is 5.75 Å². The first-order valence-corrected chi connectivity index (χ1v) is 6.12. The number of alkyl halides is 1. The highest BCUT2D eigenvalue weighted by Crippen LogP contribution is 2.33. The second-order valence-corrected chi connectivity index (χ2v) is 4.42. The van der Waals surface area contributed by atoms with Crippen LogP contribution in [0.3, 0.4) is 0 Å². The molecule has 1 nitrogen and oxygen atoms in total. The number of halogens is 1. The monoisotopic (exact) mass is 264 g/mol. The molecular formula is C13H13BrO. The van der Waals surface area contributed by atoms with E-state index in [4.69, 9.17) is 0 Å². The molecule has 0 saturated heterocycles. The quantitative estimate of drug-likeness (QED) is 0.812. The van der Waals surface area contributed by atoms with Gasteiger partial charge in [-0.05, 0) is 22.8 Å². The second kappa shape index (κ2) is 4.23. The van der Waals surface area contributed by atoms with E-state index in [-0.39, 0.29) is 0 Å². The molecule has 1 N–H and O–H groups in total. The van der Waals surface area contributed by atoms with Gasteiger partial charge in [0.05, 0.1) is 0 Å². The second-order valence-electron chi connectivity index (χ2n) is 3.77. The number of fused-ring (bicyclic) bond motifs is 1. The van der Waals surface area contributed by atoms with E-state index < -0.39 is 0 Å². The molecule has 0 aliphatic rings. The Bertz CT molecular complexity index is 479. The molecule has 15 heavy (non-hydrogen) atoms. The van der Waals surface area contributed by atoms with E-state index in [0.29, 0.717) is 11.7 Å². The van der Waals surface area contributed by atoms with Crippen molar-refractivity contribution in [2.24, 2.45) is 0 Å². The Morgan fingerprint density at radius 2 is 1.93 bits per heavy atom. The maximum Gasteiger partial charge on any atom is 0.119 e. The molecule has 0 saturated carbocycles. The molecule has 0 bridgehead atoms. The summed E-state index contributed by atoms with van der Waals surface area (Å²) in [5.41, 5.74) is 1.03. The molecule has 78 valence electrons. The molecule has 1 unspecified atom stereocenters. The molecule has 2 aromatic carbocycles. The molecule has 0 heterocycles. The van der Waals surface area contributed by atoms with Crippen LogP contribution in [0.15, 0.2) is 36.4 Å². The molecule has 0 aromatic heterocycles. The lowest BCUT2D eigenvalue weighted by Crippen LogP contribution is -1.96. The Morgan fingerprint density at radius 3 is 2.67 bits per heavy atom. The molecule has 1 atom stereocenters. The lowest BCUT2D eigenvalue weighted by molar-refractivity contribution is 0.466. The highest BCUT2D eigenvalue weighted by atomic mass is 79.9. The number of aromatic hydroxyl groups is 1. The van der Waals surface area contributed by atoms with E-state index in [0.717, 1.165) is 16.3 Å². The summed E-state index contributed by atoms with van der Waals surface area (Å²) < 4.78 is 0. The zero-order valence-corrected chi connectivity index (χ0v) is 10.2. The summed E-state index contributed by atoms with van der Waals surface area (Å²) >= 11 is 3.46. The largest absolute Gasteiger partial charge is 0.508 e. The first-order valence-electron chi connectivity index (χ1n) is 5.00. The van der Waals surface area contributed by atoms with Crippen molar-refractivity contribution in [2.45, 2.75) is 12.8 Å². The molecule has 0 aliphatic carbocycles. The van der Waals surface area contributed by atoms with Gasteiger partial charge in [0.15, 0.2) is 0 Å². The van der Waals surface area contributed by atoms with Crippen LogP contribution in [-0.4, -0.2) is 10.4 Å². The average molecular weight is 265 g/mol. The number of hydrogen-bond acceptors (Lipinski definition) is 1. The normalized spacial score (nSPS) is 12.9. The molecule has 0 spiro atoms. The number of benzene rings is 2. The van der Waals surface area contributed by atoms with Gasteiger partial charge in [-0.25, -0.2) is 0 Å². The minimum absolute atomic E-state index is 0.316. The van der Waals surface area contributed by atoms with Crippen LogP contribution in [0.2, 0.25) is 0 Å². The zero-order chi connectivity index (χ0) is 10.8. The van der Waals surface area contributed by atoms with Gasteiger partial charge in [0.2, 0.25) is 0 Å². The van der Waals surface area contributed by atoms with Gasteiger partial charge in [-0.2, -0.15) is 0 Å². The van der Waals surface area contributed by atoms with Crippen molar-refractivity contribution in [1.29, 1.82) is 0 Å². The fraction of sp³-hybridized carbons (Fsp3) is 0.231. The Labute approximate surface area is 97.9 Å². The zero-order valence-electron chi connectivity index (χ0n) is 8.57. The minimum Gasteiger partial charge on any atom is -0.508 e. The molecule has 2 aromatic rings. The van der Waals surface area contributed by atoms with Crippen molar-refractivity contribution in [2.75, 3.05) is 5.33 Å².